The summed E-state index contributed by atoms with van der Waals surface area (Å²) >= 11 is 0. The summed E-state index contributed by atoms with van der Waals surface area (Å²) in [6.07, 6.45) is 2.26. The van der Waals surface area contributed by atoms with Gasteiger partial charge < -0.3 is 15.3 Å². The van der Waals surface area contributed by atoms with Crippen LogP contribution >= 0.6 is 0 Å². The summed E-state index contributed by atoms with van der Waals surface area (Å²) in [6, 6.07) is 0. The van der Waals surface area contributed by atoms with Gasteiger partial charge in [-0.15, -0.1) is 0 Å². The summed E-state index contributed by atoms with van der Waals surface area (Å²) in [5, 5.41) is 12.2. The zero-order chi connectivity index (χ0) is 17.6. The van der Waals surface area contributed by atoms with Crippen LogP contribution in [0.3, 0.4) is 0 Å². The molecule has 2 amide bonds. The van der Waals surface area contributed by atoms with E-state index in [0.29, 0.717) is 38.8 Å². The molecule has 6 nitrogen and oxygen atoms in total. The molecule has 1 aliphatic heterocycles. The van der Waals surface area contributed by atoms with Gasteiger partial charge in [0.1, 0.15) is 0 Å². The largest absolute Gasteiger partial charge is 0.481 e. The summed E-state index contributed by atoms with van der Waals surface area (Å²) in [7, 11) is 0. The highest BCUT2D eigenvalue weighted by molar-refractivity contribution is 5.82. The van der Waals surface area contributed by atoms with Gasteiger partial charge >= 0.3 is 5.97 Å². The van der Waals surface area contributed by atoms with Gasteiger partial charge in [0.2, 0.25) is 11.8 Å². The minimum Gasteiger partial charge on any atom is -0.481 e. The molecule has 1 heterocycles. The van der Waals surface area contributed by atoms with Crippen LogP contribution in [0.2, 0.25) is 0 Å². The van der Waals surface area contributed by atoms with Crippen molar-refractivity contribution < 1.29 is 19.5 Å². The SMILES string of the molecule is CCC(CC)(CNC(=O)C1CCN(C(=O)C(C)C)CC1)C(=O)O. The summed E-state index contributed by atoms with van der Waals surface area (Å²) in [5.74, 6) is -0.975. The molecule has 2 N–H and O–H groups in total. The standard InChI is InChI=1S/C17H30N2O4/c1-5-17(6-2,16(22)23)11-18-14(20)13-7-9-19(10-8-13)15(21)12(3)4/h12-13H,5-11H2,1-4H3,(H,18,20)(H,22,23). The van der Waals surface area contributed by atoms with Crippen LogP contribution in [0.5, 0.6) is 0 Å². The minimum absolute atomic E-state index is 0.0225. The van der Waals surface area contributed by atoms with Crippen LogP contribution in [0.25, 0.3) is 0 Å². The Balaban J connectivity index is 2.52. The quantitative estimate of drug-likeness (QED) is 0.748. The van der Waals surface area contributed by atoms with Crippen molar-refractivity contribution in [2.75, 3.05) is 19.6 Å². The number of carbonyl (C=O) groups is 3. The first-order valence-electron chi connectivity index (χ1n) is 8.57. The van der Waals surface area contributed by atoms with E-state index < -0.39 is 11.4 Å². The van der Waals surface area contributed by atoms with Gasteiger partial charge in [0.05, 0.1) is 5.41 Å². The van der Waals surface area contributed by atoms with E-state index in [0.717, 1.165) is 0 Å². The van der Waals surface area contributed by atoms with E-state index in [1.807, 2.05) is 32.6 Å². The Morgan fingerprint density at radius 1 is 1.17 bits per heavy atom. The van der Waals surface area contributed by atoms with Gasteiger partial charge in [0.25, 0.3) is 0 Å². The van der Waals surface area contributed by atoms with Crippen molar-refractivity contribution in [3.63, 3.8) is 0 Å². The predicted octanol–water partition coefficient (Wildman–Crippen LogP) is 1.89. The Hall–Kier alpha value is -1.59. The number of nitrogens with one attached hydrogen (secondary N) is 1. The first kappa shape index (κ1) is 19.5. The first-order valence-corrected chi connectivity index (χ1v) is 8.57. The maximum Gasteiger partial charge on any atom is 0.311 e. The third kappa shape index (κ3) is 4.69. The number of hydrogen-bond donors (Lipinski definition) is 2. The van der Waals surface area contributed by atoms with Crippen molar-refractivity contribution in [1.29, 1.82) is 0 Å². The van der Waals surface area contributed by atoms with Crippen molar-refractivity contribution in [2.24, 2.45) is 17.3 Å². The summed E-state index contributed by atoms with van der Waals surface area (Å²) in [4.78, 5) is 37.5. The highest BCUT2D eigenvalue weighted by Gasteiger charge is 2.36. The van der Waals surface area contributed by atoms with E-state index >= 15 is 0 Å². The second-order valence-corrected chi connectivity index (χ2v) is 6.76. The monoisotopic (exact) mass is 326 g/mol. The van der Waals surface area contributed by atoms with E-state index in [2.05, 4.69) is 5.32 Å². The van der Waals surface area contributed by atoms with E-state index in [4.69, 9.17) is 0 Å². The number of carboxylic acids is 1. The summed E-state index contributed by atoms with van der Waals surface area (Å²) < 4.78 is 0. The van der Waals surface area contributed by atoms with E-state index in [1.54, 1.807) is 0 Å². The number of amides is 2. The average molecular weight is 326 g/mol. The predicted molar refractivity (Wildman–Crippen MR) is 87.8 cm³/mol. The molecule has 0 bridgehead atoms. The first-order chi connectivity index (χ1) is 10.8. The maximum atomic E-state index is 12.3. The number of carboxylic acid groups (broad SMARTS) is 1. The number of hydrogen-bond acceptors (Lipinski definition) is 3. The molecule has 0 spiro atoms. The molecule has 0 radical (unpaired) electrons. The molecule has 23 heavy (non-hydrogen) atoms. The van der Waals surface area contributed by atoms with Gasteiger partial charge in [0.15, 0.2) is 0 Å². The lowest BCUT2D eigenvalue weighted by Gasteiger charge is -2.33. The number of carbonyl (C=O) groups excluding carboxylic acids is 2. The molecule has 0 aromatic carbocycles. The van der Waals surface area contributed by atoms with Crippen LogP contribution in [0.1, 0.15) is 53.4 Å². The van der Waals surface area contributed by atoms with Crippen molar-refractivity contribution in [3.05, 3.63) is 0 Å². The van der Waals surface area contributed by atoms with Crippen LogP contribution < -0.4 is 5.32 Å². The highest BCUT2D eigenvalue weighted by Crippen LogP contribution is 2.26. The van der Waals surface area contributed by atoms with Crippen molar-refractivity contribution in [3.8, 4) is 0 Å². The molecule has 0 atom stereocenters. The van der Waals surface area contributed by atoms with Gasteiger partial charge in [-0.3, -0.25) is 14.4 Å². The molecular formula is C17H30N2O4. The lowest BCUT2D eigenvalue weighted by molar-refractivity contribution is -0.149. The number of piperidine rings is 1. The van der Waals surface area contributed by atoms with E-state index in [-0.39, 0.29) is 30.2 Å². The van der Waals surface area contributed by atoms with E-state index in [9.17, 15) is 19.5 Å². The lowest BCUT2D eigenvalue weighted by Crippen LogP contribution is -2.47. The molecule has 1 fully saturated rings. The Morgan fingerprint density at radius 3 is 2.09 bits per heavy atom. The second-order valence-electron chi connectivity index (χ2n) is 6.76. The highest BCUT2D eigenvalue weighted by atomic mass is 16.4. The van der Waals surface area contributed by atoms with Crippen LogP contribution in [-0.4, -0.2) is 47.4 Å². The number of rotatable bonds is 7. The molecule has 6 heteroatoms. The fourth-order valence-corrected chi connectivity index (χ4v) is 3.01. The third-order valence-electron chi connectivity index (χ3n) is 5.08. The van der Waals surface area contributed by atoms with Crippen LogP contribution in [0.4, 0.5) is 0 Å². The van der Waals surface area contributed by atoms with Gasteiger partial charge in [0, 0.05) is 31.5 Å². The Morgan fingerprint density at radius 2 is 1.70 bits per heavy atom. The third-order valence-corrected chi connectivity index (χ3v) is 5.08. The zero-order valence-electron chi connectivity index (χ0n) is 14.7. The molecule has 1 aliphatic rings. The Labute approximate surface area is 138 Å². The Bertz CT molecular complexity index is 436. The number of nitrogens with zero attached hydrogens (tertiary/aromatic N) is 1. The van der Waals surface area contributed by atoms with Gasteiger partial charge in [-0.2, -0.15) is 0 Å². The molecular weight excluding hydrogens is 296 g/mol. The lowest BCUT2D eigenvalue weighted by atomic mass is 9.82. The molecule has 0 saturated carbocycles. The van der Waals surface area contributed by atoms with Crippen molar-refractivity contribution >= 4 is 17.8 Å². The topological polar surface area (TPSA) is 86.7 Å². The van der Waals surface area contributed by atoms with Crippen LogP contribution in [0.15, 0.2) is 0 Å². The van der Waals surface area contributed by atoms with E-state index in [1.165, 1.54) is 0 Å². The maximum absolute atomic E-state index is 12.3. The molecule has 0 unspecified atom stereocenters. The smallest absolute Gasteiger partial charge is 0.311 e. The number of likely N-dealkylation sites (tertiary alicyclic amines) is 1. The normalized spacial score (nSPS) is 16.5. The second kappa shape index (κ2) is 8.31. The molecule has 132 valence electrons. The number of aliphatic carboxylic acids is 1. The Kier molecular flexibility index (Phi) is 7.03. The molecule has 1 saturated heterocycles. The molecule has 0 aromatic heterocycles. The minimum atomic E-state index is -0.885. The zero-order valence-corrected chi connectivity index (χ0v) is 14.7. The summed E-state index contributed by atoms with van der Waals surface area (Å²) in [6.45, 7) is 8.78. The van der Waals surface area contributed by atoms with Gasteiger partial charge in [-0.05, 0) is 25.7 Å². The van der Waals surface area contributed by atoms with Crippen LogP contribution in [0, 0.1) is 17.3 Å². The fourth-order valence-electron chi connectivity index (χ4n) is 3.01. The molecule has 0 aromatic rings. The molecule has 0 aliphatic carbocycles. The van der Waals surface area contributed by atoms with Gasteiger partial charge in [-0.25, -0.2) is 0 Å². The van der Waals surface area contributed by atoms with Crippen molar-refractivity contribution in [2.45, 2.75) is 53.4 Å². The van der Waals surface area contributed by atoms with Gasteiger partial charge in [-0.1, -0.05) is 27.7 Å². The van der Waals surface area contributed by atoms with Crippen LogP contribution in [-0.2, 0) is 14.4 Å². The van der Waals surface area contributed by atoms with Crippen molar-refractivity contribution in [1.82, 2.24) is 10.2 Å². The fraction of sp³-hybridized carbons (Fsp3) is 0.824. The molecule has 1 rings (SSSR count). The summed E-state index contributed by atoms with van der Waals surface area (Å²) in [5.41, 5.74) is -0.885. The average Bonchev–Trinajstić information content (AvgIpc) is 2.55.